The Kier molecular flexibility index (Phi) is 2.92. The summed E-state index contributed by atoms with van der Waals surface area (Å²) in [5, 5.41) is 0. The van der Waals surface area contributed by atoms with Crippen LogP contribution in [0.25, 0.3) is 0 Å². The van der Waals surface area contributed by atoms with Gasteiger partial charge in [-0.25, -0.2) is 0 Å². The number of hydrogen-bond donors (Lipinski definition) is 0. The Balaban J connectivity index is 3.52. The van der Waals surface area contributed by atoms with Crippen molar-refractivity contribution in [1.29, 1.82) is 0 Å². The van der Waals surface area contributed by atoms with Gasteiger partial charge >= 0.3 is 20.4 Å². The molecule has 0 spiro atoms. The summed E-state index contributed by atoms with van der Waals surface area (Å²) < 4.78 is 70.2. The fourth-order valence-corrected chi connectivity index (χ4v) is 3.88. The Hall–Kier alpha value is -0.540. The van der Waals surface area contributed by atoms with Crippen LogP contribution in [0.2, 0.25) is 0 Å². The van der Waals surface area contributed by atoms with Crippen LogP contribution in [0, 0.1) is 5.92 Å². The van der Waals surface area contributed by atoms with E-state index in [4.69, 9.17) is 0 Å². The molecule has 1 rings (SSSR count). The molecular formula is C6H8F2O5S2. The van der Waals surface area contributed by atoms with Gasteiger partial charge in [0.1, 0.15) is 0 Å². The molecule has 1 saturated heterocycles. The number of ether oxygens (including phenoxy) is 1. The lowest BCUT2D eigenvalue weighted by Gasteiger charge is -2.22. The average Bonchev–Trinajstić information content (AvgIpc) is 2.44. The Morgan fingerprint density at radius 1 is 1.27 bits per heavy atom. The third-order valence-electron chi connectivity index (χ3n) is 2.28. The van der Waals surface area contributed by atoms with Crippen molar-refractivity contribution < 1.29 is 29.3 Å². The van der Waals surface area contributed by atoms with E-state index >= 15 is 0 Å². The van der Waals surface area contributed by atoms with E-state index in [1.54, 1.807) is 0 Å². The van der Waals surface area contributed by atoms with Crippen LogP contribution >= 0.6 is 0 Å². The van der Waals surface area contributed by atoms with Crippen LogP contribution in [-0.2, 0) is 25.2 Å². The maximum atomic E-state index is 12.9. The molecule has 0 N–H and O–H groups in total. The van der Waals surface area contributed by atoms with Gasteiger partial charge in [-0.3, -0.25) is 0 Å². The molecule has 9 heteroatoms. The van der Waals surface area contributed by atoms with Gasteiger partial charge in [0.2, 0.25) is 0 Å². The highest BCUT2D eigenvalue weighted by molar-refractivity contribution is 8.05. The van der Waals surface area contributed by atoms with E-state index in [1.165, 1.54) is 0 Å². The van der Waals surface area contributed by atoms with Crippen molar-refractivity contribution in [3.63, 3.8) is 0 Å². The molecule has 0 aromatic heterocycles. The maximum Gasteiger partial charge on any atom is 0.328 e. The lowest BCUT2D eigenvalue weighted by atomic mass is 10.1. The number of hydrogen-bond acceptors (Lipinski definition) is 5. The zero-order valence-electron chi connectivity index (χ0n) is 7.39. The second-order valence-corrected chi connectivity index (χ2v) is 6.51. The normalized spacial score (nSPS) is 26.4. The molecule has 15 heavy (non-hydrogen) atoms. The van der Waals surface area contributed by atoms with Gasteiger partial charge in [-0.15, -0.1) is 14.4 Å². The van der Waals surface area contributed by atoms with Crippen LogP contribution in [0.1, 0.15) is 0 Å². The van der Waals surface area contributed by atoms with Crippen molar-refractivity contribution in [2.45, 2.75) is 4.08 Å². The van der Waals surface area contributed by atoms with E-state index in [0.717, 1.165) is 6.08 Å². The summed E-state index contributed by atoms with van der Waals surface area (Å²) in [6.45, 7) is 1.65. The third-order valence-corrected chi connectivity index (χ3v) is 5.96. The van der Waals surface area contributed by atoms with Gasteiger partial charge in [0.15, 0.2) is 0 Å². The Bertz CT molecular complexity index is 434. The molecular weight excluding hydrogens is 254 g/mol. The summed E-state index contributed by atoms with van der Waals surface area (Å²) in [6.07, 6.45) is 0.848. The first-order valence-corrected chi connectivity index (χ1v) is 6.52. The van der Waals surface area contributed by atoms with Crippen molar-refractivity contribution in [3.05, 3.63) is 12.7 Å². The van der Waals surface area contributed by atoms with Crippen LogP contribution in [0.3, 0.4) is 0 Å². The molecule has 1 fully saturated rings. The maximum absolute atomic E-state index is 12.9. The number of halogens is 2. The van der Waals surface area contributed by atoms with Gasteiger partial charge in [-0.05, 0) is 0 Å². The molecule has 0 aromatic carbocycles. The van der Waals surface area contributed by atoms with Gasteiger partial charge in [0, 0.05) is 5.92 Å². The molecule has 0 saturated carbocycles. The van der Waals surface area contributed by atoms with Gasteiger partial charge < -0.3 is 4.74 Å². The van der Waals surface area contributed by atoms with Crippen LogP contribution in [0.5, 0.6) is 0 Å². The molecule has 5 nitrogen and oxygen atoms in total. The van der Waals surface area contributed by atoms with Crippen LogP contribution in [0.4, 0.5) is 7.77 Å². The standard InChI is InChI=1S/C6H8F2O5S2/c1-2-5-3-13-4-6(5,14(7,9)10)15(8,11)12/h2,5H,1,3-4H2. The summed E-state index contributed by atoms with van der Waals surface area (Å²) in [5.41, 5.74) is 0. The van der Waals surface area contributed by atoms with E-state index in [1.807, 2.05) is 0 Å². The van der Waals surface area contributed by atoms with Crippen molar-refractivity contribution in [2.75, 3.05) is 13.2 Å². The summed E-state index contributed by atoms with van der Waals surface area (Å²) in [5.74, 6) is -1.46. The first-order chi connectivity index (χ1) is 6.67. The molecule has 1 atom stereocenters. The Morgan fingerprint density at radius 3 is 2.00 bits per heavy atom. The predicted molar refractivity (Wildman–Crippen MR) is 47.3 cm³/mol. The minimum atomic E-state index is -5.64. The lowest BCUT2D eigenvalue weighted by Crippen LogP contribution is -2.48. The van der Waals surface area contributed by atoms with Crippen molar-refractivity contribution in [1.82, 2.24) is 0 Å². The smallest absolute Gasteiger partial charge is 0.328 e. The van der Waals surface area contributed by atoms with E-state index in [9.17, 15) is 24.6 Å². The molecule has 0 bridgehead atoms. The number of rotatable bonds is 3. The highest BCUT2D eigenvalue weighted by Gasteiger charge is 2.64. The zero-order valence-corrected chi connectivity index (χ0v) is 9.02. The van der Waals surface area contributed by atoms with Gasteiger partial charge in [0.05, 0.1) is 13.2 Å². The molecule has 1 heterocycles. The minimum absolute atomic E-state index is 0.407. The fourth-order valence-electron chi connectivity index (χ4n) is 1.43. The van der Waals surface area contributed by atoms with Crippen molar-refractivity contribution in [2.24, 2.45) is 5.92 Å². The summed E-state index contributed by atoms with van der Waals surface area (Å²) in [6, 6.07) is 0. The summed E-state index contributed by atoms with van der Waals surface area (Å²) in [4.78, 5) is 0. The van der Waals surface area contributed by atoms with Crippen LogP contribution < -0.4 is 0 Å². The van der Waals surface area contributed by atoms with E-state index < -0.39 is 43.7 Å². The highest BCUT2D eigenvalue weighted by Crippen LogP contribution is 2.41. The molecule has 0 aliphatic carbocycles. The monoisotopic (exact) mass is 262 g/mol. The summed E-state index contributed by atoms with van der Waals surface area (Å²) in [7, 11) is -11.3. The van der Waals surface area contributed by atoms with Gasteiger partial charge in [-0.1, -0.05) is 6.08 Å². The summed E-state index contributed by atoms with van der Waals surface area (Å²) >= 11 is 0. The molecule has 1 unspecified atom stereocenters. The zero-order chi connectivity index (χ0) is 11.9. The van der Waals surface area contributed by atoms with Crippen LogP contribution in [-0.4, -0.2) is 34.1 Å². The van der Waals surface area contributed by atoms with E-state index in [2.05, 4.69) is 11.3 Å². The quantitative estimate of drug-likeness (QED) is 0.533. The van der Waals surface area contributed by atoms with Gasteiger partial charge in [-0.2, -0.15) is 16.8 Å². The molecule has 0 radical (unpaired) electrons. The first kappa shape index (κ1) is 12.5. The second kappa shape index (κ2) is 3.49. The topological polar surface area (TPSA) is 77.5 Å². The fraction of sp³-hybridized carbons (Fsp3) is 0.667. The SMILES string of the molecule is C=CC1COCC1(S(=O)(=O)F)S(=O)(=O)F. The first-order valence-electron chi connectivity index (χ1n) is 3.75. The minimum Gasteiger partial charge on any atom is -0.378 e. The second-order valence-electron chi connectivity index (χ2n) is 3.04. The van der Waals surface area contributed by atoms with Crippen molar-refractivity contribution >= 4 is 20.4 Å². The van der Waals surface area contributed by atoms with Crippen molar-refractivity contribution in [3.8, 4) is 0 Å². The Labute approximate surface area is 86.2 Å². The van der Waals surface area contributed by atoms with E-state index in [-0.39, 0.29) is 0 Å². The molecule has 1 aliphatic heterocycles. The third kappa shape index (κ3) is 1.68. The van der Waals surface area contributed by atoms with E-state index in [0.29, 0.717) is 0 Å². The molecule has 88 valence electrons. The molecule has 1 aliphatic rings. The Morgan fingerprint density at radius 2 is 1.73 bits per heavy atom. The average molecular weight is 262 g/mol. The molecule has 0 amide bonds. The van der Waals surface area contributed by atoms with Crippen LogP contribution in [0.15, 0.2) is 12.7 Å². The lowest BCUT2D eigenvalue weighted by molar-refractivity contribution is 0.189. The largest absolute Gasteiger partial charge is 0.378 e. The predicted octanol–water partition coefficient (Wildman–Crippen LogP) is 0.114. The highest BCUT2D eigenvalue weighted by atomic mass is 32.3. The van der Waals surface area contributed by atoms with Gasteiger partial charge in [0.25, 0.3) is 4.08 Å². The molecule has 0 aromatic rings.